The van der Waals surface area contributed by atoms with Crippen molar-refractivity contribution < 1.29 is 37.4 Å². The maximum absolute atomic E-state index is 11.8. The van der Waals surface area contributed by atoms with E-state index in [1.807, 2.05) is 0 Å². The van der Waals surface area contributed by atoms with E-state index in [-0.39, 0.29) is 10.8 Å². The molecule has 0 radical (unpaired) electrons. The molecule has 1 atom stereocenters. The van der Waals surface area contributed by atoms with Crippen molar-refractivity contribution in [3.8, 4) is 11.1 Å². The second-order valence-electron chi connectivity index (χ2n) is 14.3. The Morgan fingerprint density at radius 3 is 1.85 bits per heavy atom. The number of fused-ring (bicyclic) bond motifs is 5. The van der Waals surface area contributed by atoms with Crippen molar-refractivity contribution in [3.05, 3.63) is 129 Å². The summed E-state index contributed by atoms with van der Waals surface area (Å²) in [6.07, 6.45) is 8.59. The zero-order valence-corrected chi connectivity index (χ0v) is 31.9. The molecule has 1 unspecified atom stereocenters. The molecule has 7 rings (SSSR count). The maximum atomic E-state index is 11.8. The molecule has 0 spiro atoms. The molecule has 246 valence electrons. The van der Waals surface area contributed by atoms with Crippen molar-refractivity contribution in [2.45, 2.75) is 92.7 Å². The average Bonchev–Trinajstić information content (AvgIpc) is 3.67. The Morgan fingerprint density at radius 1 is 0.830 bits per heavy atom. The number of alkyl halides is 3. The Balaban J connectivity index is 0.000000188. The van der Waals surface area contributed by atoms with Gasteiger partial charge in [0, 0.05) is 5.41 Å². The molecule has 0 N–H and O–H groups in total. The molecule has 0 nitrogen and oxygen atoms in total. The summed E-state index contributed by atoms with van der Waals surface area (Å²) in [5.74, 6) is 1.20. The second-order valence-corrected chi connectivity index (χ2v) is 14.3. The molecule has 4 heteroatoms. The summed E-state index contributed by atoms with van der Waals surface area (Å²) in [4.78, 5) is 0. The second kappa shape index (κ2) is 14.0. The molecule has 0 aliphatic heterocycles. The Kier molecular flexibility index (Phi) is 11.0. The molecule has 0 amide bonds. The number of benzene rings is 3. The van der Waals surface area contributed by atoms with E-state index >= 15 is 0 Å². The van der Waals surface area contributed by atoms with Gasteiger partial charge in [-0.1, -0.05) is 103 Å². The van der Waals surface area contributed by atoms with Crippen LogP contribution in [0.3, 0.4) is 0 Å². The predicted molar refractivity (Wildman–Crippen MR) is 189 cm³/mol. The van der Waals surface area contributed by atoms with Crippen LogP contribution in [0, 0.1) is 30.1 Å². The van der Waals surface area contributed by atoms with Gasteiger partial charge in [0.25, 0.3) is 0 Å². The summed E-state index contributed by atoms with van der Waals surface area (Å²) in [5.41, 5.74) is 16.7. The van der Waals surface area contributed by atoms with Crippen molar-refractivity contribution in [1.82, 2.24) is 0 Å². The van der Waals surface area contributed by atoms with Crippen molar-refractivity contribution in [2.75, 3.05) is 0 Å². The first-order valence-electron chi connectivity index (χ1n) is 16.3. The van der Waals surface area contributed by atoms with E-state index in [1.54, 1.807) is 0 Å². The molecule has 0 fully saturated rings. The van der Waals surface area contributed by atoms with Gasteiger partial charge < -0.3 is 0 Å². The van der Waals surface area contributed by atoms with Gasteiger partial charge in [0.15, 0.2) is 0 Å². The van der Waals surface area contributed by atoms with Gasteiger partial charge in [-0.05, 0) is 58.4 Å². The van der Waals surface area contributed by atoms with E-state index in [1.165, 1.54) is 103 Å². The van der Waals surface area contributed by atoms with Gasteiger partial charge in [0.05, 0.1) is 0 Å². The van der Waals surface area contributed by atoms with Crippen LogP contribution in [-0.2, 0) is 47.7 Å². The topological polar surface area (TPSA) is 0 Å². The van der Waals surface area contributed by atoms with Crippen LogP contribution >= 0.6 is 0 Å². The first-order chi connectivity index (χ1) is 21.9. The van der Waals surface area contributed by atoms with Gasteiger partial charge >= 0.3 is 34.6 Å². The van der Waals surface area contributed by atoms with Crippen LogP contribution in [0.2, 0.25) is 0 Å². The summed E-state index contributed by atoms with van der Waals surface area (Å²) >= 11 is 1.30. The number of hydrogen-bond donors (Lipinski definition) is 0. The van der Waals surface area contributed by atoms with Gasteiger partial charge in [-0.2, -0.15) is 60.7 Å². The number of halogens is 3. The van der Waals surface area contributed by atoms with E-state index in [0.29, 0.717) is 11.8 Å². The molecule has 0 aromatic heterocycles. The molecule has 47 heavy (non-hydrogen) atoms. The summed E-state index contributed by atoms with van der Waals surface area (Å²) in [5, 5.41) is 0. The van der Waals surface area contributed by atoms with E-state index < -0.39 is 11.7 Å². The Hall–Kier alpha value is -2.84. The number of hydrogen-bond acceptors (Lipinski definition) is 0. The minimum atomic E-state index is -4.23. The van der Waals surface area contributed by atoms with E-state index in [2.05, 4.69) is 128 Å². The Bertz CT molecular complexity index is 1690. The third-order valence-corrected chi connectivity index (χ3v) is 9.41. The van der Waals surface area contributed by atoms with Crippen LogP contribution < -0.4 is 0 Å². The minimum absolute atomic E-state index is 0.0340. The molecule has 0 saturated carbocycles. The van der Waals surface area contributed by atoms with Crippen LogP contribution in [0.4, 0.5) is 13.2 Å². The van der Waals surface area contributed by atoms with Crippen molar-refractivity contribution >= 4 is 15.4 Å². The monoisotopic (exact) mass is 709 g/mol. The number of allylic oxidation sites excluding steroid dienone is 8. The van der Waals surface area contributed by atoms with Crippen molar-refractivity contribution in [3.63, 3.8) is 0 Å². The van der Waals surface area contributed by atoms with Gasteiger partial charge in [0.2, 0.25) is 0 Å². The number of rotatable bonds is 1. The quantitative estimate of drug-likeness (QED) is 0.173. The Morgan fingerprint density at radius 2 is 1.38 bits per heavy atom. The van der Waals surface area contributed by atoms with Crippen molar-refractivity contribution in [2.24, 2.45) is 11.8 Å². The van der Waals surface area contributed by atoms with Gasteiger partial charge in [-0.25, -0.2) is 11.1 Å². The molecule has 0 saturated heterocycles. The standard InChI is InChI=1S/C25H25.C10H15.C7H4F3.CH2.Zr/c1-14-12-24(3,4)22-8-16-7-17-9-23-19(15(2)13-25(23,5)6)11-21(17)20(16)10-18(14)22;1-7(2)10-6-8(3)5-9(10)4;8-7(9,10)6-4-2-1-3-5-6;;/h8-12H,7H2,1-6H3;6-8H,1-4H3;2-5H;1H2;/q3*-1;;. The summed E-state index contributed by atoms with van der Waals surface area (Å²) in [7, 11) is 0. The zero-order valence-electron chi connectivity index (χ0n) is 29.5. The molecule has 3 aromatic carbocycles. The van der Waals surface area contributed by atoms with E-state index in [9.17, 15) is 13.2 Å². The van der Waals surface area contributed by atoms with Crippen LogP contribution in [0.25, 0.3) is 22.3 Å². The van der Waals surface area contributed by atoms with Crippen LogP contribution in [-0.4, -0.2) is 4.21 Å². The molecule has 0 heterocycles. The van der Waals surface area contributed by atoms with Crippen molar-refractivity contribution in [1.29, 1.82) is 0 Å². The Labute approximate surface area is 295 Å². The third-order valence-electron chi connectivity index (χ3n) is 9.41. The van der Waals surface area contributed by atoms with Crippen LogP contribution in [0.15, 0.2) is 71.8 Å². The molecule has 4 aliphatic carbocycles. The summed E-state index contributed by atoms with van der Waals surface area (Å²) in [6, 6.07) is 16.8. The van der Waals surface area contributed by atoms with Crippen LogP contribution in [0.1, 0.15) is 108 Å². The van der Waals surface area contributed by atoms with Gasteiger partial charge in [-0.3, -0.25) is 12.2 Å². The summed E-state index contributed by atoms with van der Waals surface area (Å²) in [6.45, 7) is 22.5. The van der Waals surface area contributed by atoms with Crippen LogP contribution in [0.5, 0.6) is 0 Å². The fourth-order valence-electron chi connectivity index (χ4n) is 7.34. The third kappa shape index (κ3) is 7.75. The average molecular weight is 711 g/mol. The fourth-order valence-corrected chi connectivity index (χ4v) is 7.34. The summed E-state index contributed by atoms with van der Waals surface area (Å²) < 4.78 is 38.7. The van der Waals surface area contributed by atoms with E-state index in [0.717, 1.165) is 18.6 Å². The fraction of sp³-hybridized carbons (Fsp3) is 0.372. The first-order valence-corrected chi connectivity index (χ1v) is 18.0. The molecule has 0 bridgehead atoms. The SMILES string of the molecule is CC1=[C-]C(C)(C)c2cc3c(cc21)-c1cc2c(cc1C3)C(C)(C)C=C2C.CC1=[C-]C(C)C=C1C(C)C.FC(F)(F)c1cc[c-]cc1.[CH2]=[Zr]. The van der Waals surface area contributed by atoms with Gasteiger partial charge in [0.1, 0.15) is 0 Å². The predicted octanol–water partition coefficient (Wildman–Crippen LogP) is 11.9. The zero-order chi connectivity index (χ0) is 35.1. The first kappa shape index (κ1) is 37.0. The normalized spacial score (nSPS) is 18.8. The molecule has 4 aliphatic rings. The van der Waals surface area contributed by atoms with Gasteiger partial charge in [-0.15, -0.1) is 11.6 Å². The molecular weight excluding hydrogens is 665 g/mol. The van der Waals surface area contributed by atoms with E-state index in [4.69, 9.17) is 0 Å². The molecular formula is C43H46F3Zr-3. The molecule has 3 aromatic rings.